The quantitative estimate of drug-likeness (QED) is 0.798. The molecule has 0 saturated heterocycles. The van der Waals surface area contributed by atoms with Gasteiger partial charge in [-0.25, -0.2) is 0 Å². The molecule has 0 amide bonds. The molecule has 0 heterocycles. The number of ether oxygens (including phenoxy) is 1. The molecule has 18 heavy (non-hydrogen) atoms. The van der Waals surface area contributed by atoms with Gasteiger partial charge in [0.25, 0.3) is 0 Å². The van der Waals surface area contributed by atoms with Crippen molar-refractivity contribution in [2.45, 2.75) is 40.2 Å². The number of benzene rings is 1. The molecule has 2 atom stereocenters. The van der Waals surface area contributed by atoms with Crippen molar-refractivity contribution in [3.63, 3.8) is 0 Å². The molecule has 1 N–H and O–H groups in total. The molecule has 2 nitrogen and oxygen atoms in total. The largest absolute Gasteiger partial charge is 0.496 e. The zero-order valence-corrected chi connectivity index (χ0v) is 12.4. The molecule has 0 bridgehead atoms. The number of rotatable bonds is 7. The normalized spacial score (nSPS) is 14.6. The first-order valence-electron chi connectivity index (χ1n) is 6.95. The van der Waals surface area contributed by atoms with Gasteiger partial charge in [-0.15, -0.1) is 0 Å². The number of hydrogen-bond donors (Lipinski definition) is 1. The molecule has 0 aliphatic carbocycles. The van der Waals surface area contributed by atoms with E-state index in [4.69, 9.17) is 4.74 Å². The van der Waals surface area contributed by atoms with Crippen molar-refractivity contribution >= 4 is 0 Å². The van der Waals surface area contributed by atoms with Crippen LogP contribution >= 0.6 is 0 Å². The molecule has 0 aliphatic heterocycles. The third kappa shape index (κ3) is 4.02. The number of nitrogens with one attached hydrogen (secondary N) is 1. The summed E-state index contributed by atoms with van der Waals surface area (Å²) < 4.78 is 5.44. The Morgan fingerprint density at radius 3 is 2.39 bits per heavy atom. The summed E-state index contributed by atoms with van der Waals surface area (Å²) in [7, 11) is 1.74. The highest BCUT2D eigenvalue weighted by atomic mass is 16.5. The minimum Gasteiger partial charge on any atom is -0.496 e. The topological polar surface area (TPSA) is 21.3 Å². The Balaban J connectivity index is 2.82. The molecule has 0 aromatic heterocycles. The van der Waals surface area contributed by atoms with E-state index in [1.165, 1.54) is 5.56 Å². The van der Waals surface area contributed by atoms with Gasteiger partial charge in [0.05, 0.1) is 7.11 Å². The van der Waals surface area contributed by atoms with Gasteiger partial charge in [0.15, 0.2) is 0 Å². The molecule has 0 saturated carbocycles. The molecular weight excluding hydrogens is 222 g/mol. The molecule has 0 aliphatic rings. The third-order valence-corrected chi connectivity index (χ3v) is 3.78. The highest BCUT2D eigenvalue weighted by Crippen LogP contribution is 2.23. The summed E-state index contributed by atoms with van der Waals surface area (Å²) in [5.41, 5.74) is 1.29. The van der Waals surface area contributed by atoms with Crippen molar-refractivity contribution in [2.75, 3.05) is 13.7 Å². The maximum absolute atomic E-state index is 5.44. The van der Waals surface area contributed by atoms with Gasteiger partial charge < -0.3 is 10.1 Å². The lowest BCUT2D eigenvalue weighted by Crippen LogP contribution is -2.39. The second kappa shape index (κ2) is 7.42. The van der Waals surface area contributed by atoms with Crippen LogP contribution in [0.2, 0.25) is 0 Å². The van der Waals surface area contributed by atoms with Crippen LogP contribution < -0.4 is 10.1 Å². The molecule has 2 unspecified atom stereocenters. The summed E-state index contributed by atoms with van der Waals surface area (Å²) in [5.74, 6) is 2.33. The average molecular weight is 249 g/mol. The summed E-state index contributed by atoms with van der Waals surface area (Å²) in [4.78, 5) is 0. The van der Waals surface area contributed by atoms with Crippen LogP contribution in [-0.2, 0) is 6.42 Å². The molecular formula is C16H27NO. The Bertz CT molecular complexity index is 349. The second-order valence-electron chi connectivity index (χ2n) is 5.28. The van der Waals surface area contributed by atoms with E-state index in [0.29, 0.717) is 17.9 Å². The Hall–Kier alpha value is -1.02. The van der Waals surface area contributed by atoms with Gasteiger partial charge in [-0.05, 0) is 36.4 Å². The average Bonchev–Trinajstić information content (AvgIpc) is 2.37. The van der Waals surface area contributed by atoms with E-state index in [0.717, 1.165) is 18.7 Å². The fraction of sp³-hybridized carbons (Fsp3) is 0.625. The van der Waals surface area contributed by atoms with Gasteiger partial charge in [0, 0.05) is 6.04 Å². The van der Waals surface area contributed by atoms with Gasteiger partial charge in [-0.2, -0.15) is 0 Å². The van der Waals surface area contributed by atoms with Crippen molar-refractivity contribution in [1.29, 1.82) is 0 Å². The Morgan fingerprint density at radius 2 is 1.83 bits per heavy atom. The number of para-hydroxylation sites is 1. The van der Waals surface area contributed by atoms with Gasteiger partial charge in [0.1, 0.15) is 5.75 Å². The predicted octanol–water partition coefficient (Wildman–Crippen LogP) is 3.51. The molecule has 102 valence electrons. The van der Waals surface area contributed by atoms with Gasteiger partial charge in [-0.3, -0.25) is 0 Å². The van der Waals surface area contributed by atoms with E-state index in [2.05, 4.69) is 45.1 Å². The Kier molecular flexibility index (Phi) is 6.20. The van der Waals surface area contributed by atoms with Gasteiger partial charge >= 0.3 is 0 Å². The summed E-state index contributed by atoms with van der Waals surface area (Å²) in [5, 5.41) is 3.61. The summed E-state index contributed by atoms with van der Waals surface area (Å²) >= 11 is 0. The van der Waals surface area contributed by atoms with Crippen LogP contribution in [0.25, 0.3) is 0 Å². The van der Waals surface area contributed by atoms with E-state index in [-0.39, 0.29) is 0 Å². The zero-order chi connectivity index (χ0) is 13.5. The van der Waals surface area contributed by atoms with Crippen molar-refractivity contribution < 1.29 is 4.74 Å². The maximum atomic E-state index is 5.44. The fourth-order valence-corrected chi connectivity index (χ4v) is 2.28. The van der Waals surface area contributed by atoms with Gasteiger partial charge in [0.2, 0.25) is 0 Å². The Morgan fingerprint density at radius 1 is 1.17 bits per heavy atom. The maximum Gasteiger partial charge on any atom is 0.122 e. The summed E-state index contributed by atoms with van der Waals surface area (Å²) in [6.45, 7) is 10.1. The van der Waals surface area contributed by atoms with Crippen LogP contribution in [0, 0.1) is 11.8 Å². The number of methoxy groups -OCH3 is 1. The smallest absolute Gasteiger partial charge is 0.122 e. The lowest BCUT2D eigenvalue weighted by atomic mass is 9.86. The van der Waals surface area contributed by atoms with Crippen molar-refractivity contribution in [3.05, 3.63) is 29.8 Å². The molecule has 1 aromatic rings. The van der Waals surface area contributed by atoms with Crippen LogP contribution in [0.15, 0.2) is 24.3 Å². The van der Waals surface area contributed by atoms with E-state index in [1.54, 1.807) is 7.11 Å². The molecule has 0 spiro atoms. The molecule has 2 heteroatoms. The van der Waals surface area contributed by atoms with Gasteiger partial charge in [-0.1, -0.05) is 45.9 Å². The monoisotopic (exact) mass is 249 g/mol. The second-order valence-corrected chi connectivity index (χ2v) is 5.28. The lowest BCUT2D eigenvalue weighted by molar-refractivity contribution is 0.297. The highest BCUT2D eigenvalue weighted by Gasteiger charge is 2.20. The molecule has 1 aromatic carbocycles. The Labute approximate surface area is 112 Å². The lowest BCUT2D eigenvalue weighted by Gasteiger charge is -2.28. The minimum atomic E-state index is 0.506. The van der Waals surface area contributed by atoms with Crippen molar-refractivity contribution in [1.82, 2.24) is 5.32 Å². The fourth-order valence-electron chi connectivity index (χ4n) is 2.28. The molecule has 0 fully saturated rings. The van der Waals surface area contributed by atoms with Crippen LogP contribution in [0.3, 0.4) is 0 Å². The van der Waals surface area contributed by atoms with Crippen molar-refractivity contribution in [2.24, 2.45) is 11.8 Å². The molecule has 0 radical (unpaired) electrons. The van der Waals surface area contributed by atoms with E-state index in [9.17, 15) is 0 Å². The SMILES string of the molecule is CCNC(Cc1ccccc1OC)C(C)C(C)C. The zero-order valence-electron chi connectivity index (χ0n) is 12.4. The summed E-state index contributed by atoms with van der Waals surface area (Å²) in [6.07, 6.45) is 1.02. The summed E-state index contributed by atoms with van der Waals surface area (Å²) in [6, 6.07) is 8.82. The standard InChI is InChI=1S/C16H27NO/c1-6-17-15(13(4)12(2)3)11-14-9-7-8-10-16(14)18-5/h7-10,12-13,15,17H,6,11H2,1-5H3. The van der Waals surface area contributed by atoms with Crippen LogP contribution in [-0.4, -0.2) is 19.7 Å². The third-order valence-electron chi connectivity index (χ3n) is 3.78. The first-order chi connectivity index (χ1) is 8.60. The molecule has 1 rings (SSSR count). The highest BCUT2D eigenvalue weighted by molar-refractivity contribution is 5.33. The van der Waals surface area contributed by atoms with Crippen LogP contribution in [0.4, 0.5) is 0 Å². The van der Waals surface area contributed by atoms with Crippen molar-refractivity contribution in [3.8, 4) is 5.75 Å². The first-order valence-corrected chi connectivity index (χ1v) is 6.95. The van der Waals surface area contributed by atoms with E-state index >= 15 is 0 Å². The predicted molar refractivity (Wildman–Crippen MR) is 78.2 cm³/mol. The first kappa shape index (κ1) is 15.0. The van der Waals surface area contributed by atoms with E-state index < -0.39 is 0 Å². The van der Waals surface area contributed by atoms with Crippen LogP contribution in [0.1, 0.15) is 33.3 Å². The minimum absolute atomic E-state index is 0.506. The van der Waals surface area contributed by atoms with E-state index in [1.807, 2.05) is 12.1 Å². The van der Waals surface area contributed by atoms with Crippen LogP contribution in [0.5, 0.6) is 5.75 Å². The number of likely N-dealkylation sites (N-methyl/N-ethyl adjacent to an activating group) is 1. The number of hydrogen-bond acceptors (Lipinski definition) is 2.